The summed E-state index contributed by atoms with van der Waals surface area (Å²) >= 11 is 0. The highest BCUT2D eigenvalue weighted by atomic mass is 16.5. The molecule has 6 heteroatoms. The van der Waals surface area contributed by atoms with Crippen molar-refractivity contribution in [2.24, 2.45) is 0 Å². The Hall–Kier alpha value is -1.30. The number of carbonyl (C=O) groups excluding carboxylic acids is 2. The van der Waals surface area contributed by atoms with E-state index in [1.54, 1.807) is 0 Å². The molecule has 1 amide bonds. The summed E-state index contributed by atoms with van der Waals surface area (Å²) in [5.41, 5.74) is 0. The van der Waals surface area contributed by atoms with E-state index in [0.29, 0.717) is 13.0 Å². The zero-order chi connectivity index (χ0) is 28.8. The molecule has 0 aromatic carbocycles. The fraction of sp³-hybridized carbons (Fsp3) is 0.939. The first-order valence-electron chi connectivity index (χ1n) is 16.8. The summed E-state index contributed by atoms with van der Waals surface area (Å²) in [5, 5.41) is 2.79. The monoisotopic (exact) mass is 555 g/mol. The maximum atomic E-state index is 12.4. The number of ether oxygens (including phenoxy) is 2. The van der Waals surface area contributed by atoms with E-state index in [0.717, 1.165) is 58.2 Å². The van der Waals surface area contributed by atoms with Crippen LogP contribution in [0.1, 0.15) is 162 Å². The molecule has 39 heavy (non-hydrogen) atoms. The van der Waals surface area contributed by atoms with E-state index in [-0.39, 0.29) is 18.2 Å². The molecule has 0 aliphatic heterocycles. The van der Waals surface area contributed by atoms with Gasteiger partial charge in [0.15, 0.2) is 0 Å². The number of esters is 1. The van der Waals surface area contributed by atoms with E-state index >= 15 is 0 Å². The number of amides is 1. The van der Waals surface area contributed by atoms with Gasteiger partial charge in [0.05, 0.1) is 7.11 Å². The lowest BCUT2D eigenvalue weighted by Crippen LogP contribution is -2.31. The molecule has 0 spiro atoms. The molecule has 1 N–H and O–H groups in total. The molecule has 1 unspecified atom stereocenters. The van der Waals surface area contributed by atoms with Crippen molar-refractivity contribution in [2.45, 2.75) is 168 Å². The Kier molecular flexibility index (Phi) is 28.7. The number of nitrogens with zero attached hydrogens (tertiary/aromatic N) is 1. The molecule has 232 valence electrons. The summed E-state index contributed by atoms with van der Waals surface area (Å²) < 4.78 is 10.5. The molecule has 0 rings (SSSR count). The molecular formula is C33H66N2O4. The standard InChI is InChI=1S/C33H66N2O4/c1-5-8-10-12-15-19-25-31(24-7-3)39-32(36)26-20-16-14-18-22-29-35(28-21-17-13-11-9-6-2)30-23-27-34-33(37)38-4/h31H,5-30H2,1-4H3,(H,34,37). The zero-order valence-electron chi connectivity index (χ0n) is 26.5. The van der Waals surface area contributed by atoms with Gasteiger partial charge in [-0.05, 0) is 64.6 Å². The predicted octanol–water partition coefficient (Wildman–Crippen LogP) is 9.20. The molecule has 0 saturated heterocycles. The number of alkyl carbamates (subject to hydrolysis) is 1. The first-order chi connectivity index (χ1) is 19.1. The van der Waals surface area contributed by atoms with Gasteiger partial charge in [-0.25, -0.2) is 4.79 Å². The highest BCUT2D eigenvalue weighted by molar-refractivity contribution is 5.69. The molecule has 0 aliphatic carbocycles. The third-order valence-electron chi connectivity index (χ3n) is 7.58. The Bertz CT molecular complexity index is 544. The summed E-state index contributed by atoms with van der Waals surface area (Å²) in [7, 11) is 1.41. The van der Waals surface area contributed by atoms with Crippen molar-refractivity contribution in [2.75, 3.05) is 33.3 Å². The van der Waals surface area contributed by atoms with Crippen LogP contribution in [0.15, 0.2) is 0 Å². The number of hydrogen-bond acceptors (Lipinski definition) is 5. The maximum Gasteiger partial charge on any atom is 0.406 e. The second-order valence-electron chi connectivity index (χ2n) is 11.4. The lowest BCUT2D eigenvalue weighted by Gasteiger charge is -2.22. The fourth-order valence-electron chi connectivity index (χ4n) is 5.13. The van der Waals surface area contributed by atoms with Crippen molar-refractivity contribution >= 4 is 12.1 Å². The summed E-state index contributed by atoms with van der Waals surface area (Å²) in [5.74, 6) is 0.00473. The van der Waals surface area contributed by atoms with Crippen molar-refractivity contribution in [1.82, 2.24) is 10.2 Å². The zero-order valence-corrected chi connectivity index (χ0v) is 26.5. The summed E-state index contributed by atoms with van der Waals surface area (Å²) in [6.07, 6.45) is 25.6. The molecule has 0 aromatic rings. The highest BCUT2D eigenvalue weighted by Gasteiger charge is 2.13. The average molecular weight is 555 g/mol. The van der Waals surface area contributed by atoms with Crippen molar-refractivity contribution in [3.63, 3.8) is 0 Å². The highest BCUT2D eigenvalue weighted by Crippen LogP contribution is 2.16. The Morgan fingerprint density at radius 3 is 1.69 bits per heavy atom. The topological polar surface area (TPSA) is 67.9 Å². The third-order valence-corrected chi connectivity index (χ3v) is 7.58. The van der Waals surface area contributed by atoms with Crippen LogP contribution in [-0.2, 0) is 14.3 Å². The van der Waals surface area contributed by atoms with E-state index in [2.05, 4.69) is 35.7 Å². The lowest BCUT2D eigenvalue weighted by atomic mass is 10.0. The molecule has 0 fully saturated rings. The Morgan fingerprint density at radius 2 is 1.13 bits per heavy atom. The van der Waals surface area contributed by atoms with E-state index < -0.39 is 0 Å². The predicted molar refractivity (Wildman–Crippen MR) is 165 cm³/mol. The smallest absolute Gasteiger partial charge is 0.406 e. The second kappa shape index (κ2) is 29.7. The lowest BCUT2D eigenvalue weighted by molar-refractivity contribution is -0.150. The maximum absolute atomic E-state index is 12.4. The van der Waals surface area contributed by atoms with Gasteiger partial charge in [0, 0.05) is 13.0 Å². The molecular weight excluding hydrogens is 488 g/mol. The van der Waals surface area contributed by atoms with Gasteiger partial charge in [-0.15, -0.1) is 0 Å². The van der Waals surface area contributed by atoms with Gasteiger partial charge in [0.2, 0.25) is 0 Å². The van der Waals surface area contributed by atoms with Crippen molar-refractivity contribution in [3.05, 3.63) is 0 Å². The first-order valence-corrected chi connectivity index (χ1v) is 16.8. The van der Waals surface area contributed by atoms with Crippen LogP contribution in [-0.4, -0.2) is 56.4 Å². The van der Waals surface area contributed by atoms with Gasteiger partial charge in [0.1, 0.15) is 6.10 Å². The Morgan fingerprint density at radius 1 is 0.615 bits per heavy atom. The third kappa shape index (κ3) is 26.7. The second-order valence-corrected chi connectivity index (χ2v) is 11.4. The number of nitrogens with one attached hydrogen (secondary N) is 1. The van der Waals surface area contributed by atoms with E-state index in [9.17, 15) is 9.59 Å². The Labute approximate surface area is 242 Å². The van der Waals surface area contributed by atoms with Gasteiger partial charge in [0.25, 0.3) is 0 Å². The van der Waals surface area contributed by atoms with Crippen LogP contribution in [0.5, 0.6) is 0 Å². The van der Waals surface area contributed by atoms with Crippen LogP contribution in [0.2, 0.25) is 0 Å². The average Bonchev–Trinajstić information content (AvgIpc) is 2.93. The van der Waals surface area contributed by atoms with Gasteiger partial charge < -0.3 is 19.7 Å². The van der Waals surface area contributed by atoms with Crippen LogP contribution in [0.3, 0.4) is 0 Å². The van der Waals surface area contributed by atoms with Crippen LogP contribution < -0.4 is 5.32 Å². The largest absolute Gasteiger partial charge is 0.462 e. The SMILES string of the molecule is CCCCCCCCC(CCC)OC(=O)CCCCCCCN(CCCCCCCC)CCCNC(=O)OC. The molecule has 0 saturated carbocycles. The van der Waals surface area contributed by atoms with Gasteiger partial charge in [-0.2, -0.15) is 0 Å². The summed E-state index contributed by atoms with van der Waals surface area (Å²) in [4.78, 5) is 26.2. The van der Waals surface area contributed by atoms with Gasteiger partial charge in [-0.3, -0.25) is 4.79 Å². The van der Waals surface area contributed by atoms with Crippen LogP contribution >= 0.6 is 0 Å². The van der Waals surface area contributed by atoms with Gasteiger partial charge >= 0.3 is 12.1 Å². The minimum absolute atomic E-state index is 0.00473. The summed E-state index contributed by atoms with van der Waals surface area (Å²) in [6, 6.07) is 0. The normalized spacial score (nSPS) is 12.0. The van der Waals surface area contributed by atoms with E-state index in [1.165, 1.54) is 103 Å². The minimum Gasteiger partial charge on any atom is -0.462 e. The van der Waals surface area contributed by atoms with Gasteiger partial charge in [-0.1, -0.05) is 111 Å². The number of hydrogen-bond donors (Lipinski definition) is 1. The van der Waals surface area contributed by atoms with Crippen molar-refractivity contribution < 1.29 is 19.1 Å². The van der Waals surface area contributed by atoms with Crippen LogP contribution in [0.4, 0.5) is 4.79 Å². The number of rotatable bonds is 29. The minimum atomic E-state index is -0.347. The molecule has 1 atom stereocenters. The van der Waals surface area contributed by atoms with Crippen molar-refractivity contribution in [3.8, 4) is 0 Å². The molecule has 0 bridgehead atoms. The quantitative estimate of drug-likeness (QED) is 0.0737. The first kappa shape index (κ1) is 37.7. The van der Waals surface area contributed by atoms with Crippen molar-refractivity contribution in [1.29, 1.82) is 0 Å². The molecule has 0 radical (unpaired) electrons. The Balaban J connectivity index is 4.06. The molecule has 0 heterocycles. The number of carbonyl (C=O) groups is 2. The number of methoxy groups -OCH3 is 1. The molecule has 0 aromatic heterocycles. The van der Waals surface area contributed by atoms with E-state index in [4.69, 9.17) is 4.74 Å². The van der Waals surface area contributed by atoms with Crippen LogP contribution in [0, 0.1) is 0 Å². The number of unbranched alkanes of at least 4 members (excludes halogenated alkanes) is 14. The van der Waals surface area contributed by atoms with E-state index in [1.807, 2.05) is 0 Å². The fourth-order valence-corrected chi connectivity index (χ4v) is 5.13. The molecule has 6 nitrogen and oxygen atoms in total. The molecule has 0 aliphatic rings. The summed E-state index contributed by atoms with van der Waals surface area (Å²) in [6.45, 7) is 10.6. The van der Waals surface area contributed by atoms with Crippen LogP contribution in [0.25, 0.3) is 0 Å².